The van der Waals surface area contributed by atoms with Crippen molar-refractivity contribution in [2.75, 3.05) is 7.11 Å². The molecule has 0 aliphatic heterocycles. The lowest BCUT2D eigenvalue weighted by Gasteiger charge is -2.09. The number of methoxy groups -OCH3 is 1. The molecular formula is C19H22N2O2. The van der Waals surface area contributed by atoms with Gasteiger partial charge in [0.1, 0.15) is 6.61 Å². The third-order valence-corrected chi connectivity index (χ3v) is 4.06. The first-order valence-electron chi connectivity index (χ1n) is 7.83. The molecule has 0 atom stereocenters. The Morgan fingerprint density at radius 1 is 1.09 bits per heavy atom. The van der Waals surface area contributed by atoms with Crippen molar-refractivity contribution in [3.05, 3.63) is 59.8 Å². The van der Waals surface area contributed by atoms with Gasteiger partial charge in [0.2, 0.25) is 0 Å². The van der Waals surface area contributed by atoms with Crippen LogP contribution in [0.3, 0.4) is 0 Å². The lowest BCUT2D eigenvalue weighted by Crippen LogP contribution is -1.98. The van der Waals surface area contributed by atoms with Gasteiger partial charge >= 0.3 is 0 Å². The molecule has 0 unspecified atom stereocenters. The van der Waals surface area contributed by atoms with Crippen molar-refractivity contribution in [1.82, 2.24) is 4.57 Å². The van der Waals surface area contributed by atoms with Crippen LogP contribution >= 0.6 is 0 Å². The lowest BCUT2D eigenvalue weighted by atomic mass is 10.1. The highest BCUT2D eigenvalue weighted by atomic mass is 16.5. The molecule has 23 heavy (non-hydrogen) atoms. The molecule has 1 heterocycles. The van der Waals surface area contributed by atoms with Gasteiger partial charge in [0, 0.05) is 35.8 Å². The van der Waals surface area contributed by atoms with Crippen LogP contribution in [0.25, 0.3) is 10.9 Å². The van der Waals surface area contributed by atoms with E-state index in [4.69, 9.17) is 15.2 Å². The molecule has 120 valence electrons. The van der Waals surface area contributed by atoms with Crippen molar-refractivity contribution in [2.24, 2.45) is 5.73 Å². The molecule has 0 aliphatic carbocycles. The number of hydrogen-bond acceptors (Lipinski definition) is 3. The summed E-state index contributed by atoms with van der Waals surface area (Å²) in [4.78, 5) is 0. The number of rotatable bonds is 6. The number of fused-ring (bicyclic) bond motifs is 1. The summed E-state index contributed by atoms with van der Waals surface area (Å²) < 4.78 is 13.6. The van der Waals surface area contributed by atoms with Gasteiger partial charge in [-0.3, -0.25) is 0 Å². The zero-order valence-corrected chi connectivity index (χ0v) is 13.6. The minimum atomic E-state index is 0.498. The molecule has 2 aromatic carbocycles. The van der Waals surface area contributed by atoms with E-state index in [1.807, 2.05) is 24.3 Å². The average Bonchev–Trinajstić information content (AvgIpc) is 2.97. The molecule has 1 aromatic heterocycles. The molecular weight excluding hydrogens is 288 g/mol. The standard InChI is InChI=1S/C19H22N2O2/c1-3-21-12-15(16-10-14(11-20)8-9-17(16)21)13-23-19-7-5-4-6-18(19)22-2/h4-10,12H,3,11,13,20H2,1-2H3. The monoisotopic (exact) mass is 310 g/mol. The third kappa shape index (κ3) is 3.03. The van der Waals surface area contributed by atoms with Crippen LogP contribution < -0.4 is 15.2 Å². The molecule has 3 rings (SSSR count). The Hall–Kier alpha value is -2.46. The molecule has 0 radical (unpaired) electrons. The van der Waals surface area contributed by atoms with Crippen molar-refractivity contribution in [3.63, 3.8) is 0 Å². The maximum atomic E-state index is 5.98. The van der Waals surface area contributed by atoms with E-state index >= 15 is 0 Å². The zero-order chi connectivity index (χ0) is 16.2. The highest BCUT2D eigenvalue weighted by Crippen LogP contribution is 2.29. The van der Waals surface area contributed by atoms with Crippen molar-refractivity contribution >= 4 is 10.9 Å². The minimum Gasteiger partial charge on any atom is -0.493 e. The Bertz CT molecular complexity index is 808. The Balaban J connectivity index is 1.93. The first-order valence-corrected chi connectivity index (χ1v) is 7.83. The Labute approximate surface area is 136 Å². The zero-order valence-electron chi connectivity index (χ0n) is 13.6. The van der Waals surface area contributed by atoms with Gasteiger partial charge in [-0.25, -0.2) is 0 Å². The van der Waals surface area contributed by atoms with E-state index in [-0.39, 0.29) is 0 Å². The second kappa shape index (κ2) is 6.75. The van der Waals surface area contributed by atoms with Crippen LogP contribution in [0.15, 0.2) is 48.7 Å². The van der Waals surface area contributed by atoms with Gasteiger partial charge in [0.15, 0.2) is 11.5 Å². The number of hydrogen-bond donors (Lipinski definition) is 1. The molecule has 4 nitrogen and oxygen atoms in total. The summed E-state index contributed by atoms with van der Waals surface area (Å²) in [6.07, 6.45) is 2.15. The predicted octanol–water partition coefficient (Wildman–Crippen LogP) is 3.71. The van der Waals surface area contributed by atoms with Gasteiger partial charge < -0.3 is 19.8 Å². The van der Waals surface area contributed by atoms with Gasteiger partial charge in [-0.05, 0) is 36.8 Å². The molecule has 0 saturated carbocycles. The summed E-state index contributed by atoms with van der Waals surface area (Å²) in [5.74, 6) is 1.50. The van der Waals surface area contributed by atoms with Crippen molar-refractivity contribution in [2.45, 2.75) is 26.6 Å². The van der Waals surface area contributed by atoms with E-state index in [0.717, 1.165) is 29.2 Å². The number of aromatic nitrogens is 1. The Morgan fingerprint density at radius 2 is 1.87 bits per heavy atom. The largest absolute Gasteiger partial charge is 0.493 e. The van der Waals surface area contributed by atoms with Crippen molar-refractivity contribution in [1.29, 1.82) is 0 Å². The summed E-state index contributed by atoms with van der Waals surface area (Å²) >= 11 is 0. The number of para-hydroxylation sites is 2. The Morgan fingerprint density at radius 3 is 2.57 bits per heavy atom. The number of benzene rings is 2. The van der Waals surface area contributed by atoms with Gasteiger partial charge in [-0.15, -0.1) is 0 Å². The summed E-state index contributed by atoms with van der Waals surface area (Å²) in [7, 11) is 1.65. The van der Waals surface area contributed by atoms with Gasteiger partial charge in [0.05, 0.1) is 7.11 Å². The number of nitrogens with two attached hydrogens (primary N) is 1. The van der Waals surface area contributed by atoms with Crippen molar-refractivity contribution < 1.29 is 9.47 Å². The van der Waals surface area contributed by atoms with Crippen LogP contribution in [0.4, 0.5) is 0 Å². The van der Waals surface area contributed by atoms with Crippen LogP contribution in [0, 0.1) is 0 Å². The van der Waals surface area contributed by atoms with Gasteiger partial charge in [-0.1, -0.05) is 18.2 Å². The minimum absolute atomic E-state index is 0.498. The van der Waals surface area contributed by atoms with Gasteiger partial charge in [0.25, 0.3) is 0 Å². The van der Waals surface area contributed by atoms with E-state index in [0.29, 0.717) is 13.2 Å². The topological polar surface area (TPSA) is 49.4 Å². The molecule has 2 N–H and O–H groups in total. The number of nitrogens with zero attached hydrogens (tertiary/aromatic N) is 1. The fourth-order valence-corrected chi connectivity index (χ4v) is 2.82. The highest BCUT2D eigenvalue weighted by Gasteiger charge is 2.10. The summed E-state index contributed by atoms with van der Waals surface area (Å²) in [5.41, 5.74) is 9.28. The van der Waals surface area contributed by atoms with E-state index in [1.165, 1.54) is 10.9 Å². The van der Waals surface area contributed by atoms with Crippen LogP contribution in [-0.2, 0) is 19.7 Å². The molecule has 0 spiro atoms. The van der Waals surface area contributed by atoms with Crippen LogP contribution in [0.1, 0.15) is 18.1 Å². The summed E-state index contributed by atoms with van der Waals surface area (Å²) in [6.45, 7) is 4.10. The molecule has 4 heteroatoms. The quantitative estimate of drug-likeness (QED) is 0.755. The first kappa shape index (κ1) is 15.4. The molecule has 3 aromatic rings. The second-order valence-corrected chi connectivity index (χ2v) is 5.44. The molecule has 0 bridgehead atoms. The Kier molecular flexibility index (Phi) is 4.53. The van der Waals surface area contributed by atoms with Crippen LogP contribution in [0.2, 0.25) is 0 Å². The fraction of sp³-hybridized carbons (Fsp3) is 0.263. The first-order chi connectivity index (χ1) is 11.3. The molecule has 0 amide bonds. The second-order valence-electron chi connectivity index (χ2n) is 5.44. The summed E-state index contributed by atoms with van der Waals surface area (Å²) in [6, 6.07) is 14.1. The summed E-state index contributed by atoms with van der Waals surface area (Å²) in [5, 5.41) is 1.20. The van der Waals surface area contributed by atoms with Crippen molar-refractivity contribution in [3.8, 4) is 11.5 Å². The van der Waals surface area contributed by atoms with E-state index in [2.05, 4.69) is 35.9 Å². The SMILES string of the molecule is CCn1cc(COc2ccccc2OC)c2cc(CN)ccc21. The smallest absolute Gasteiger partial charge is 0.161 e. The average molecular weight is 310 g/mol. The van der Waals surface area contributed by atoms with E-state index in [9.17, 15) is 0 Å². The van der Waals surface area contributed by atoms with E-state index in [1.54, 1.807) is 7.11 Å². The number of ether oxygens (including phenoxy) is 2. The fourth-order valence-electron chi connectivity index (χ4n) is 2.82. The maximum Gasteiger partial charge on any atom is 0.161 e. The highest BCUT2D eigenvalue weighted by molar-refractivity contribution is 5.84. The molecule has 0 aliphatic rings. The van der Waals surface area contributed by atoms with Crippen LogP contribution in [0.5, 0.6) is 11.5 Å². The number of aryl methyl sites for hydroxylation is 1. The molecule has 0 fully saturated rings. The normalized spacial score (nSPS) is 10.9. The van der Waals surface area contributed by atoms with Gasteiger partial charge in [-0.2, -0.15) is 0 Å². The maximum absolute atomic E-state index is 5.98. The van der Waals surface area contributed by atoms with Crippen LogP contribution in [-0.4, -0.2) is 11.7 Å². The predicted molar refractivity (Wildman–Crippen MR) is 92.8 cm³/mol. The third-order valence-electron chi connectivity index (χ3n) is 4.06. The lowest BCUT2D eigenvalue weighted by molar-refractivity contribution is 0.285. The van der Waals surface area contributed by atoms with E-state index < -0.39 is 0 Å². The molecule has 0 saturated heterocycles.